The molecule has 0 unspecified atom stereocenters. The first kappa shape index (κ1) is 24.2. The quantitative estimate of drug-likeness (QED) is 0.470. The Morgan fingerprint density at radius 2 is 1.88 bits per heavy atom. The van der Waals surface area contributed by atoms with E-state index in [0.717, 1.165) is 54.6 Å². The molecule has 1 aliphatic rings. The van der Waals surface area contributed by atoms with Gasteiger partial charge in [0.1, 0.15) is 11.4 Å². The maximum atomic E-state index is 13.0. The Kier molecular flexibility index (Phi) is 6.42. The van der Waals surface area contributed by atoms with Crippen LogP contribution in [0.3, 0.4) is 0 Å². The summed E-state index contributed by atoms with van der Waals surface area (Å²) in [6, 6.07) is 6.95. The molecule has 0 spiro atoms. The highest BCUT2D eigenvalue weighted by atomic mass is 19.4. The molecule has 2 aromatic heterocycles. The van der Waals surface area contributed by atoms with Crippen LogP contribution < -0.4 is 5.32 Å². The fourth-order valence-electron chi connectivity index (χ4n) is 4.70. The maximum absolute atomic E-state index is 13.0. The van der Waals surface area contributed by atoms with Gasteiger partial charge < -0.3 is 10.4 Å². The molecule has 182 valence electrons. The van der Waals surface area contributed by atoms with Gasteiger partial charge in [0.05, 0.1) is 23.4 Å². The molecule has 1 aliphatic carbocycles. The number of benzene rings is 1. The summed E-state index contributed by atoms with van der Waals surface area (Å²) in [7, 11) is 0. The van der Waals surface area contributed by atoms with E-state index in [-0.39, 0.29) is 11.7 Å². The smallest absolute Gasteiger partial charge is 0.386 e. The topological polar surface area (TPSA) is 80.0 Å². The Bertz CT molecular complexity index is 1190. The second-order valence-electron chi connectivity index (χ2n) is 9.55. The van der Waals surface area contributed by atoms with Crippen LogP contribution in [0.25, 0.3) is 10.9 Å². The number of amides is 1. The van der Waals surface area contributed by atoms with Gasteiger partial charge in [0.2, 0.25) is 0 Å². The second-order valence-corrected chi connectivity index (χ2v) is 9.55. The number of hydrogen-bond donors (Lipinski definition) is 2. The zero-order chi connectivity index (χ0) is 24.7. The van der Waals surface area contributed by atoms with Crippen LogP contribution in [0.15, 0.2) is 36.5 Å². The first-order chi connectivity index (χ1) is 16.0. The lowest BCUT2D eigenvalue weighted by atomic mass is 9.84. The number of hydrogen-bond acceptors (Lipinski definition) is 4. The Hall–Kier alpha value is -2.94. The third kappa shape index (κ3) is 4.94. The third-order valence-corrected chi connectivity index (χ3v) is 6.65. The lowest BCUT2D eigenvalue weighted by molar-refractivity contribution is -0.141. The van der Waals surface area contributed by atoms with Crippen molar-refractivity contribution in [2.24, 2.45) is 5.92 Å². The van der Waals surface area contributed by atoms with Gasteiger partial charge in [0.15, 0.2) is 0 Å². The Labute approximate surface area is 196 Å². The molecule has 1 aromatic carbocycles. The number of nitrogens with one attached hydrogen (secondary N) is 1. The van der Waals surface area contributed by atoms with Gasteiger partial charge in [-0.25, -0.2) is 4.98 Å². The lowest BCUT2D eigenvalue weighted by Crippen LogP contribution is -2.23. The average Bonchev–Trinajstić information content (AvgIpc) is 3.20. The molecule has 2 heterocycles. The predicted octanol–water partition coefficient (Wildman–Crippen LogP) is 6.07. The van der Waals surface area contributed by atoms with Crippen molar-refractivity contribution in [3.05, 3.63) is 53.5 Å². The SMILES string of the molecule is CCC1CCC(n2ncc3cc(NC(=O)c4cccc(C(F)(F)F)n4)c(C(C)(C)O)cc32)CC1. The second kappa shape index (κ2) is 9.02. The summed E-state index contributed by atoms with van der Waals surface area (Å²) in [6.07, 6.45) is 2.61. The Morgan fingerprint density at radius 1 is 1.18 bits per heavy atom. The van der Waals surface area contributed by atoms with Gasteiger partial charge in [0.25, 0.3) is 5.91 Å². The highest BCUT2D eigenvalue weighted by Gasteiger charge is 2.33. The van der Waals surface area contributed by atoms with Crippen molar-refractivity contribution < 1.29 is 23.1 Å². The molecule has 3 aromatic rings. The van der Waals surface area contributed by atoms with E-state index in [0.29, 0.717) is 11.3 Å². The van der Waals surface area contributed by atoms with Crippen LogP contribution in [-0.2, 0) is 11.8 Å². The van der Waals surface area contributed by atoms with Gasteiger partial charge in [-0.3, -0.25) is 9.48 Å². The number of pyridine rings is 1. The van der Waals surface area contributed by atoms with Crippen molar-refractivity contribution in [3.8, 4) is 0 Å². The molecular formula is C25H29F3N4O2. The fraction of sp³-hybridized carbons (Fsp3) is 0.480. The van der Waals surface area contributed by atoms with Crippen LogP contribution in [0.5, 0.6) is 0 Å². The number of carbonyl (C=O) groups excluding carboxylic acids is 1. The summed E-state index contributed by atoms with van der Waals surface area (Å²) >= 11 is 0. The monoisotopic (exact) mass is 474 g/mol. The zero-order valence-electron chi connectivity index (χ0n) is 19.5. The molecular weight excluding hydrogens is 445 g/mol. The minimum Gasteiger partial charge on any atom is -0.386 e. The van der Waals surface area contributed by atoms with Crippen molar-refractivity contribution in [1.82, 2.24) is 14.8 Å². The first-order valence-corrected chi connectivity index (χ1v) is 11.6. The van der Waals surface area contributed by atoms with Gasteiger partial charge in [-0.1, -0.05) is 19.4 Å². The highest BCUT2D eigenvalue weighted by Crippen LogP contribution is 2.38. The van der Waals surface area contributed by atoms with Crippen LogP contribution in [0.2, 0.25) is 0 Å². The van der Waals surface area contributed by atoms with Crippen LogP contribution in [0.1, 0.15) is 80.7 Å². The van der Waals surface area contributed by atoms with Crippen LogP contribution in [0.4, 0.5) is 18.9 Å². The molecule has 0 radical (unpaired) electrons. The summed E-state index contributed by atoms with van der Waals surface area (Å²) in [6.45, 7) is 5.41. The van der Waals surface area contributed by atoms with Gasteiger partial charge >= 0.3 is 6.18 Å². The van der Waals surface area contributed by atoms with Gasteiger partial charge in [-0.2, -0.15) is 18.3 Å². The molecule has 4 rings (SSSR count). The van der Waals surface area contributed by atoms with E-state index in [4.69, 9.17) is 0 Å². The van der Waals surface area contributed by atoms with Gasteiger partial charge in [0, 0.05) is 16.6 Å². The number of nitrogens with zero attached hydrogens (tertiary/aromatic N) is 3. The number of fused-ring (bicyclic) bond motifs is 1. The van der Waals surface area contributed by atoms with E-state index >= 15 is 0 Å². The minimum atomic E-state index is -4.65. The number of carbonyl (C=O) groups is 1. The zero-order valence-corrected chi connectivity index (χ0v) is 19.5. The van der Waals surface area contributed by atoms with E-state index in [1.54, 1.807) is 26.1 Å². The van der Waals surface area contributed by atoms with Crippen LogP contribution in [-0.4, -0.2) is 25.8 Å². The molecule has 9 heteroatoms. The number of rotatable bonds is 5. The average molecular weight is 475 g/mol. The molecule has 1 fully saturated rings. The summed E-state index contributed by atoms with van der Waals surface area (Å²) in [5.74, 6) is -0.0440. The maximum Gasteiger partial charge on any atom is 0.433 e. The van der Waals surface area contributed by atoms with Crippen molar-refractivity contribution in [1.29, 1.82) is 0 Å². The normalized spacial score (nSPS) is 19.4. The largest absolute Gasteiger partial charge is 0.433 e. The van der Waals surface area contributed by atoms with E-state index in [1.807, 2.05) is 10.7 Å². The molecule has 1 saturated carbocycles. The van der Waals surface area contributed by atoms with Gasteiger partial charge in [-0.15, -0.1) is 0 Å². The first-order valence-electron chi connectivity index (χ1n) is 11.6. The number of alkyl halides is 3. The van der Waals surface area contributed by atoms with E-state index in [2.05, 4.69) is 22.3 Å². The lowest BCUT2D eigenvalue weighted by Gasteiger charge is -2.29. The van der Waals surface area contributed by atoms with Crippen molar-refractivity contribution in [3.63, 3.8) is 0 Å². The molecule has 0 bridgehead atoms. The van der Waals surface area contributed by atoms with E-state index in [9.17, 15) is 23.1 Å². The van der Waals surface area contributed by atoms with Crippen molar-refractivity contribution in [2.75, 3.05) is 5.32 Å². The van der Waals surface area contributed by atoms with Crippen molar-refractivity contribution >= 4 is 22.5 Å². The molecule has 0 aliphatic heterocycles. The predicted molar refractivity (Wildman–Crippen MR) is 123 cm³/mol. The van der Waals surface area contributed by atoms with Crippen LogP contribution >= 0.6 is 0 Å². The third-order valence-electron chi connectivity index (χ3n) is 6.65. The van der Waals surface area contributed by atoms with Crippen molar-refractivity contribution in [2.45, 2.75) is 70.7 Å². The number of aromatic nitrogens is 3. The molecule has 1 amide bonds. The Balaban J connectivity index is 1.67. The number of anilines is 1. The molecule has 0 atom stereocenters. The standard InChI is InChI=1S/C25H29F3N4O2/c1-4-15-8-10-17(11-9-15)32-21-13-18(24(2,3)34)20(12-16(21)14-29-32)31-23(33)19-6-5-7-22(30-19)25(26,27)28/h5-7,12-15,17,34H,4,8-11H2,1-3H3,(H,31,33). The summed E-state index contributed by atoms with van der Waals surface area (Å²) in [5.41, 5.74) is -1.21. The molecule has 34 heavy (non-hydrogen) atoms. The summed E-state index contributed by atoms with van der Waals surface area (Å²) in [4.78, 5) is 16.2. The fourth-order valence-corrected chi connectivity index (χ4v) is 4.70. The van der Waals surface area contributed by atoms with E-state index < -0.39 is 23.4 Å². The number of aliphatic hydroxyl groups is 1. The highest BCUT2D eigenvalue weighted by molar-refractivity contribution is 6.04. The molecule has 2 N–H and O–H groups in total. The van der Waals surface area contributed by atoms with Gasteiger partial charge in [-0.05, 0) is 69.7 Å². The Morgan fingerprint density at radius 3 is 2.50 bits per heavy atom. The van der Waals surface area contributed by atoms with Crippen LogP contribution in [0, 0.1) is 5.92 Å². The molecule has 0 saturated heterocycles. The summed E-state index contributed by atoms with van der Waals surface area (Å²) < 4.78 is 41.0. The minimum absolute atomic E-state index is 0.268. The van der Waals surface area contributed by atoms with E-state index in [1.165, 1.54) is 12.5 Å². The molecule has 6 nitrogen and oxygen atoms in total. The number of halogens is 3. The summed E-state index contributed by atoms with van der Waals surface area (Å²) in [5, 5.41) is 18.8.